The second-order valence-electron chi connectivity index (χ2n) is 11.0. The van der Waals surface area contributed by atoms with Crippen LogP contribution in [0, 0.1) is 5.92 Å². The summed E-state index contributed by atoms with van der Waals surface area (Å²) in [5, 5.41) is 13.4. The van der Waals surface area contributed by atoms with Crippen molar-refractivity contribution in [3.8, 4) is 5.75 Å². The predicted molar refractivity (Wildman–Crippen MR) is 139 cm³/mol. The van der Waals surface area contributed by atoms with Crippen LogP contribution in [0.2, 0.25) is 0 Å². The Bertz CT molecular complexity index is 1100. The number of H-pyrrole nitrogens is 1. The molecule has 3 aliphatic heterocycles. The van der Waals surface area contributed by atoms with Crippen molar-refractivity contribution in [2.45, 2.75) is 75.7 Å². The van der Waals surface area contributed by atoms with E-state index in [1.807, 2.05) is 12.3 Å². The van der Waals surface area contributed by atoms with E-state index >= 15 is 4.39 Å². The molecule has 3 fully saturated rings. The molecule has 5 N–H and O–H groups in total. The highest BCUT2D eigenvalue weighted by atomic mass is 19.1. The zero-order valence-corrected chi connectivity index (χ0v) is 21.1. The van der Waals surface area contributed by atoms with Crippen LogP contribution in [0.3, 0.4) is 0 Å². The molecule has 0 amide bonds. The summed E-state index contributed by atoms with van der Waals surface area (Å²) in [5.74, 6) is 1.14. The van der Waals surface area contributed by atoms with E-state index in [2.05, 4.69) is 39.1 Å². The van der Waals surface area contributed by atoms with Gasteiger partial charge >= 0.3 is 0 Å². The summed E-state index contributed by atoms with van der Waals surface area (Å²) in [4.78, 5) is 10.9. The number of alkyl halides is 1. The van der Waals surface area contributed by atoms with Gasteiger partial charge in [-0.3, -0.25) is 10.3 Å². The van der Waals surface area contributed by atoms with Gasteiger partial charge in [0.05, 0.1) is 24.0 Å². The maximum atomic E-state index is 15.9. The largest absolute Gasteiger partial charge is 0.508 e. The third-order valence-electron chi connectivity index (χ3n) is 9.00. The number of fused-ring (bicyclic) bond motifs is 1. The Morgan fingerprint density at radius 3 is 2.89 bits per heavy atom. The number of aryl methyl sites for hydroxylation is 1. The lowest BCUT2D eigenvalue weighted by Crippen LogP contribution is -2.47. The summed E-state index contributed by atoms with van der Waals surface area (Å²) in [6, 6.07) is 5.75. The molecule has 0 radical (unpaired) electrons. The minimum atomic E-state index is -0.994. The predicted octanol–water partition coefficient (Wildman–Crippen LogP) is 3.57. The van der Waals surface area contributed by atoms with Gasteiger partial charge in [0.1, 0.15) is 17.7 Å². The Balaban J connectivity index is 1.13. The molecule has 6 rings (SSSR count). The summed E-state index contributed by atoms with van der Waals surface area (Å²) in [5.41, 5.74) is 11.1. The number of phenolic OH excluding ortho intramolecular Hbond substituents is 1. The molecular formula is C28H39FN6O. The first-order valence-electron chi connectivity index (χ1n) is 13.8. The molecule has 7 nitrogen and oxygen atoms in total. The Morgan fingerprint density at radius 1 is 1.19 bits per heavy atom. The van der Waals surface area contributed by atoms with Gasteiger partial charge in [-0.2, -0.15) is 0 Å². The van der Waals surface area contributed by atoms with Crippen molar-refractivity contribution in [3.63, 3.8) is 0 Å². The molecule has 4 heterocycles. The van der Waals surface area contributed by atoms with Gasteiger partial charge < -0.3 is 15.4 Å². The van der Waals surface area contributed by atoms with E-state index in [0.717, 1.165) is 74.5 Å². The van der Waals surface area contributed by atoms with E-state index in [9.17, 15) is 5.11 Å². The Kier molecular flexibility index (Phi) is 6.86. The molecule has 0 bridgehead atoms. The third kappa shape index (κ3) is 4.49. The molecule has 0 spiro atoms. The van der Waals surface area contributed by atoms with Crippen molar-refractivity contribution in [1.29, 1.82) is 0 Å². The monoisotopic (exact) mass is 494 g/mol. The van der Waals surface area contributed by atoms with Gasteiger partial charge in [0.25, 0.3) is 0 Å². The normalized spacial score (nSPS) is 33.3. The molecule has 1 aliphatic carbocycles. The van der Waals surface area contributed by atoms with Crippen LogP contribution < -0.4 is 16.2 Å². The average Bonchev–Trinajstić information content (AvgIpc) is 3.58. The minimum Gasteiger partial charge on any atom is -0.508 e. The number of hydrogen-bond donors (Lipinski definition) is 5. The molecule has 2 aromatic rings. The fourth-order valence-corrected chi connectivity index (χ4v) is 6.97. The van der Waals surface area contributed by atoms with E-state index in [0.29, 0.717) is 6.04 Å². The summed E-state index contributed by atoms with van der Waals surface area (Å²) in [7, 11) is 0. The topological polar surface area (TPSA) is 88.2 Å². The highest BCUT2D eigenvalue weighted by Gasteiger charge is 2.48. The number of rotatable bonds is 5. The van der Waals surface area contributed by atoms with Gasteiger partial charge in [-0.05, 0) is 73.9 Å². The number of aromatic hydroxyl groups is 1. The van der Waals surface area contributed by atoms with Crippen molar-refractivity contribution in [1.82, 2.24) is 31.0 Å². The highest BCUT2D eigenvalue weighted by Crippen LogP contribution is 2.45. The SMILES string of the molecule is CCc1cc(O)ccc1C1CCC2C(c3ncc(C4=CCN(C5CCCNC5)CC4)[nH]3)NNC2C1F. The summed E-state index contributed by atoms with van der Waals surface area (Å²) < 4.78 is 15.9. The van der Waals surface area contributed by atoms with Crippen LogP contribution in [0.1, 0.15) is 73.6 Å². The van der Waals surface area contributed by atoms with Crippen LogP contribution in [0.15, 0.2) is 30.5 Å². The number of nitrogens with zero attached hydrogens (tertiary/aromatic N) is 2. The van der Waals surface area contributed by atoms with Crippen LogP contribution in [0.5, 0.6) is 5.75 Å². The van der Waals surface area contributed by atoms with Crippen molar-refractivity contribution in [2.75, 3.05) is 26.2 Å². The first-order valence-corrected chi connectivity index (χ1v) is 13.8. The Labute approximate surface area is 212 Å². The number of imidazole rings is 1. The van der Waals surface area contributed by atoms with E-state index in [-0.39, 0.29) is 29.7 Å². The smallest absolute Gasteiger partial charge is 0.125 e. The minimum absolute atomic E-state index is 0.0255. The molecule has 194 valence electrons. The Morgan fingerprint density at radius 2 is 2.11 bits per heavy atom. The number of hydrogen-bond acceptors (Lipinski definition) is 6. The van der Waals surface area contributed by atoms with Crippen LogP contribution in [0.25, 0.3) is 5.57 Å². The fourth-order valence-electron chi connectivity index (χ4n) is 6.97. The van der Waals surface area contributed by atoms with Gasteiger partial charge in [-0.1, -0.05) is 19.1 Å². The second kappa shape index (κ2) is 10.2. The molecule has 4 aliphatic rings. The highest BCUT2D eigenvalue weighted by molar-refractivity contribution is 5.63. The van der Waals surface area contributed by atoms with Crippen molar-refractivity contribution < 1.29 is 9.50 Å². The lowest BCUT2D eigenvalue weighted by atomic mass is 9.71. The molecule has 8 heteroatoms. The van der Waals surface area contributed by atoms with E-state index < -0.39 is 6.17 Å². The summed E-state index contributed by atoms with van der Waals surface area (Å²) in [6.07, 6.45) is 9.40. The van der Waals surface area contributed by atoms with Gasteiger partial charge in [0.15, 0.2) is 0 Å². The zero-order chi connectivity index (χ0) is 24.6. The van der Waals surface area contributed by atoms with Gasteiger partial charge in [0, 0.05) is 37.5 Å². The molecular weight excluding hydrogens is 455 g/mol. The molecule has 6 atom stereocenters. The van der Waals surface area contributed by atoms with Crippen LogP contribution in [-0.2, 0) is 6.42 Å². The molecule has 2 saturated heterocycles. The molecule has 36 heavy (non-hydrogen) atoms. The molecule has 6 unspecified atom stereocenters. The van der Waals surface area contributed by atoms with Gasteiger partial charge in [-0.25, -0.2) is 14.8 Å². The van der Waals surface area contributed by atoms with Crippen molar-refractivity contribution in [3.05, 3.63) is 53.1 Å². The Hall–Kier alpha value is -2.26. The molecule has 1 aromatic carbocycles. The van der Waals surface area contributed by atoms with E-state index in [1.165, 1.54) is 18.4 Å². The number of aromatic nitrogens is 2. The maximum Gasteiger partial charge on any atom is 0.125 e. The molecule has 1 aromatic heterocycles. The number of phenols is 1. The number of piperidine rings is 1. The summed E-state index contributed by atoms with van der Waals surface area (Å²) >= 11 is 0. The lowest BCUT2D eigenvalue weighted by Gasteiger charge is -2.36. The number of hydrazine groups is 1. The van der Waals surface area contributed by atoms with Gasteiger partial charge in [0.2, 0.25) is 0 Å². The zero-order valence-electron chi connectivity index (χ0n) is 21.1. The quantitative estimate of drug-likeness (QED) is 0.437. The fraction of sp³-hybridized carbons (Fsp3) is 0.607. The number of halogens is 1. The summed E-state index contributed by atoms with van der Waals surface area (Å²) in [6.45, 7) is 6.38. The van der Waals surface area contributed by atoms with E-state index in [1.54, 1.807) is 12.1 Å². The number of benzene rings is 1. The van der Waals surface area contributed by atoms with Crippen molar-refractivity contribution in [2.24, 2.45) is 5.92 Å². The third-order valence-corrected chi connectivity index (χ3v) is 9.00. The number of nitrogens with one attached hydrogen (secondary N) is 4. The second-order valence-corrected chi connectivity index (χ2v) is 11.0. The first kappa shape index (κ1) is 24.1. The van der Waals surface area contributed by atoms with Crippen LogP contribution >= 0.6 is 0 Å². The number of aromatic amines is 1. The van der Waals surface area contributed by atoms with Crippen molar-refractivity contribution >= 4 is 5.57 Å². The van der Waals surface area contributed by atoms with Crippen LogP contribution in [-0.4, -0.2) is 64.4 Å². The standard InChI is InChI=1S/C28H39FN6O/c1-2-17-14-20(36)5-6-21(17)22-7-8-23-26(25(22)29)33-34-27(23)28-31-16-24(32-28)18-9-12-35(13-10-18)19-4-3-11-30-15-19/h5-6,9,14,16,19,22-23,25-27,30,33-34,36H,2-4,7-8,10-13,15H2,1H3,(H,31,32). The average molecular weight is 495 g/mol. The first-order chi connectivity index (χ1) is 17.6. The maximum absolute atomic E-state index is 15.9. The molecule has 1 saturated carbocycles. The van der Waals surface area contributed by atoms with Gasteiger partial charge in [-0.15, -0.1) is 0 Å². The lowest BCUT2D eigenvalue weighted by molar-refractivity contribution is 0.135. The van der Waals surface area contributed by atoms with E-state index in [4.69, 9.17) is 4.98 Å². The van der Waals surface area contributed by atoms with Crippen LogP contribution in [0.4, 0.5) is 4.39 Å².